The van der Waals surface area contributed by atoms with Crippen LogP contribution in [0.2, 0.25) is 0 Å². The summed E-state index contributed by atoms with van der Waals surface area (Å²) in [4.78, 5) is 24.0. The molecule has 33 heavy (non-hydrogen) atoms. The standard InChI is InChI=1S/C24H18F3N5O/c1-31-23(12-7-16(25)21(27)17(26)8-12)15-10-14-4-5-20(22(15)30-31)32(14)24(33)13-9-19-18(29-11-13)3-2-6-28-19/h2-3,6-9,11,14,20H,4-5,10H2,1H3/t14?,20-/m0/s1. The largest absolute Gasteiger partial charge is 0.327 e. The van der Waals surface area contributed by atoms with Crippen LogP contribution in [-0.4, -0.2) is 36.6 Å². The number of carbonyl (C=O) groups is 1. The van der Waals surface area contributed by atoms with Crippen LogP contribution in [-0.2, 0) is 13.5 Å². The number of hydrogen-bond donors (Lipinski definition) is 0. The fourth-order valence-corrected chi connectivity index (χ4v) is 5.22. The first-order chi connectivity index (χ1) is 15.9. The fourth-order valence-electron chi connectivity index (χ4n) is 5.22. The van der Waals surface area contributed by atoms with Gasteiger partial charge < -0.3 is 4.90 Å². The molecule has 0 radical (unpaired) electrons. The topological polar surface area (TPSA) is 63.9 Å². The predicted molar refractivity (Wildman–Crippen MR) is 114 cm³/mol. The molecular formula is C24H18F3N5O. The monoisotopic (exact) mass is 449 g/mol. The maximum Gasteiger partial charge on any atom is 0.256 e. The Hall–Kier alpha value is -3.75. The van der Waals surface area contributed by atoms with Crippen LogP contribution in [0.1, 0.15) is 40.5 Å². The fraction of sp³-hybridized carbons (Fsp3) is 0.250. The second-order valence-corrected chi connectivity index (χ2v) is 8.52. The first-order valence-electron chi connectivity index (χ1n) is 10.7. The summed E-state index contributed by atoms with van der Waals surface area (Å²) in [6, 6.07) is 7.03. The van der Waals surface area contributed by atoms with Gasteiger partial charge in [0.25, 0.3) is 5.91 Å². The summed E-state index contributed by atoms with van der Waals surface area (Å²) in [5, 5.41) is 4.62. The minimum absolute atomic E-state index is 0.0764. The summed E-state index contributed by atoms with van der Waals surface area (Å²) in [5.74, 6) is -4.12. The lowest BCUT2D eigenvalue weighted by molar-refractivity contribution is 0.0642. The van der Waals surface area contributed by atoms with Crippen LogP contribution in [0.5, 0.6) is 0 Å². The SMILES string of the molecule is Cn1nc2c(c1-c1cc(F)c(F)c(F)c1)CC1CC[C@@H]2N1C(=O)c1cnc2cccnc2c1. The molecule has 5 heterocycles. The lowest BCUT2D eigenvalue weighted by Crippen LogP contribution is -2.42. The van der Waals surface area contributed by atoms with Crippen molar-refractivity contribution in [3.8, 4) is 11.3 Å². The third-order valence-corrected chi connectivity index (χ3v) is 6.62. The van der Waals surface area contributed by atoms with Gasteiger partial charge in [-0.3, -0.25) is 19.4 Å². The lowest BCUT2D eigenvalue weighted by Gasteiger charge is -2.34. The summed E-state index contributed by atoms with van der Waals surface area (Å²) in [5.41, 5.74) is 4.15. The van der Waals surface area contributed by atoms with E-state index in [-0.39, 0.29) is 23.6 Å². The average molecular weight is 449 g/mol. The van der Waals surface area contributed by atoms with Gasteiger partial charge in [0.2, 0.25) is 0 Å². The quantitative estimate of drug-likeness (QED) is 0.427. The molecule has 2 bridgehead atoms. The molecule has 1 saturated heterocycles. The van der Waals surface area contributed by atoms with E-state index in [0.29, 0.717) is 34.4 Å². The summed E-state index contributed by atoms with van der Waals surface area (Å²) in [6.07, 6.45) is 5.26. The molecule has 6 rings (SSSR count). The van der Waals surface area contributed by atoms with Crippen LogP contribution >= 0.6 is 0 Å². The number of nitrogens with zero attached hydrogens (tertiary/aromatic N) is 5. The number of benzene rings is 1. The van der Waals surface area contributed by atoms with Crippen molar-refractivity contribution in [2.75, 3.05) is 0 Å². The number of amides is 1. The van der Waals surface area contributed by atoms with Crippen LogP contribution in [0.4, 0.5) is 13.2 Å². The second-order valence-electron chi connectivity index (χ2n) is 8.52. The summed E-state index contributed by atoms with van der Waals surface area (Å²) in [7, 11) is 1.69. The number of rotatable bonds is 2. The Balaban J connectivity index is 1.40. The number of pyridine rings is 2. The molecule has 0 saturated carbocycles. The van der Waals surface area contributed by atoms with Gasteiger partial charge in [0.15, 0.2) is 17.5 Å². The van der Waals surface area contributed by atoms with Crippen molar-refractivity contribution < 1.29 is 18.0 Å². The third kappa shape index (κ3) is 2.95. The molecule has 1 amide bonds. The number of halogens is 3. The van der Waals surface area contributed by atoms with Gasteiger partial charge >= 0.3 is 0 Å². The van der Waals surface area contributed by atoms with Crippen molar-refractivity contribution in [3.05, 3.63) is 77.0 Å². The van der Waals surface area contributed by atoms with Crippen molar-refractivity contribution in [2.24, 2.45) is 7.05 Å². The Morgan fingerprint density at radius 1 is 1.06 bits per heavy atom. The van der Waals surface area contributed by atoms with E-state index in [0.717, 1.165) is 30.5 Å². The normalized spacial score (nSPS) is 19.2. The Kier molecular flexibility index (Phi) is 4.30. The first kappa shape index (κ1) is 19.9. The summed E-state index contributed by atoms with van der Waals surface area (Å²) in [6.45, 7) is 0. The maximum absolute atomic E-state index is 13.9. The van der Waals surface area contributed by atoms with E-state index in [9.17, 15) is 18.0 Å². The molecular weight excluding hydrogens is 431 g/mol. The van der Waals surface area contributed by atoms with Crippen molar-refractivity contribution in [2.45, 2.75) is 31.3 Å². The summed E-state index contributed by atoms with van der Waals surface area (Å²) >= 11 is 0. The van der Waals surface area contributed by atoms with Gasteiger partial charge in [0, 0.05) is 36.6 Å². The third-order valence-electron chi connectivity index (χ3n) is 6.62. The van der Waals surface area contributed by atoms with Crippen LogP contribution < -0.4 is 0 Å². The van der Waals surface area contributed by atoms with Gasteiger partial charge in [-0.05, 0) is 49.6 Å². The molecule has 2 aliphatic heterocycles. The molecule has 0 aliphatic carbocycles. The molecule has 2 atom stereocenters. The first-order valence-corrected chi connectivity index (χ1v) is 10.7. The van der Waals surface area contributed by atoms with Crippen molar-refractivity contribution >= 4 is 16.9 Å². The van der Waals surface area contributed by atoms with Crippen molar-refractivity contribution in [1.82, 2.24) is 24.6 Å². The van der Waals surface area contributed by atoms with E-state index < -0.39 is 17.5 Å². The highest BCUT2D eigenvalue weighted by atomic mass is 19.2. The zero-order chi connectivity index (χ0) is 22.9. The van der Waals surface area contributed by atoms with E-state index >= 15 is 0 Å². The van der Waals surface area contributed by atoms with Crippen LogP contribution in [0, 0.1) is 17.5 Å². The number of aromatic nitrogens is 4. The molecule has 1 fully saturated rings. The highest BCUT2D eigenvalue weighted by molar-refractivity contribution is 5.97. The van der Waals surface area contributed by atoms with Gasteiger partial charge in [0.05, 0.1) is 34.0 Å². The van der Waals surface area contributed by atoms with Crippen LogP contribution in [0.3, 0.4) is 0 Å². The van der Waals surface area contributed by atoms with E-state index in [2.05, 4.69) is 15.1 Å². The average Bonchev–Trinajstić information content (AvgIpc) is 3.32. The van der Waals surface area contributed by atoms with Crippen molar-refractivity contribution in [1.29, 1.82) is 0 Å². The van der Waals surface area contributed by atoms with E-state index in [1.165, 1.54) is 0 Å². The smallest absolute Gasteiger partial charge is 0.256 e. The van der Waals surface area contributed by atoms with Gasteiger partial charge in [-0.25, -0.2) is 13.2 Å². The van der Waals surface area contributed by atoms with Gasteiger partial charge in [-0.2, -0.15) is 5.10 Å². The zero-order valence-electron chi connectivity index (χ0n) is 17.6. The molecule has 4 aromatic rings. The highest BCUT2D eigenvalue weighted by Gasteiger charge is 2.46. The number of aryl methyl sites for hydroxylation is 1. The van der Waals surface area contributed by atoms with Crippen LogP contribution in [0.25, 0.3) is 22.3 Å². The molecule has 6 nitrogen and oxygen atoms in total. The maximum atomic E-state index is 13.9. The van der Waals surface area contributed by atoms with E-state index in [4.69, 9.17) is 0 Å². The Morgan fingerprint density at radius 2 is 1.85 bits per heavy atom. The van der Waals surface area contributed by atoms with Gasteiger partial charge in [0.1, 0.15) is 0 Å². The lowest BCUT2D eigenvalue weighted by atomic mass is 9.94. The highest BCUT2D eigenvalue weighted by Crippen LogP contribution is 2.46. The predicted octanol–water partition coefficient (Wildman–Crippen LogP) is 4.35. The molecule has 2 aliphatic rings. The molecule has 166 valence electrons. The van der Waals surface area contributed by atoms with Crippen LogP contribution in [0.15, 0.2) is 42.7 Å². The minimum atomic E-state index is -1.50. The van der Waals surface area contributed by atoms with Crippen molar-refractivity contribution in [3.63, 3.8) is 0 Å². The minimum Gasteiger partial charge on any atom is -0.327 e. The van der Waals surface area contributed by atoms with E-state index in [1.807, 2.05) is 11.0 Å². The number of fused-ring (bicyclic) bond motifs is 5. The van der Waals surface area contributed by atoms with E-state index in [1.54, 1.807) is 36.3 Å². The molecule has 0 N–H and O–H groups in total. The Labute approximate surface area is 186 Å². The zero-order valence-corrected chi connectivity index (χ0v) is 17.6. The summed E-state index contributed by atoms with van der Waals surface area (Å²) < 4.78 is 42.9. The molecule has 0 spiro atoms. The number of hydrogen-bond acceptors (Lipinski definition) is 4. The molecule has 1 aromatic carbocycles. The second kappa shape index (κ2) is 7.13. The van der Waals surface area contributed by atoms with Gasteiger partial charge in [-0.1, -0.05) is 0 Å². The Morgan fingerprint density at radius 3 is 2.64 bits per heavy atom. The molecule has 9 heteroatoms. The van der Waals surface area contributed by atoms with Gasteiger partial charge in [-0.15, -0.1) is 0 Å². The molecule has 1 unspecified atom stereocenters. The number of carbonyl (C=O) groups excluding carboxylic acids is 1. The Bertz CT molecular complexity index is 1430. The molecule has 3 aromatic heterocycles.